The van der Waals surface area contributed by atoms with Crippen molar-refractivity contribution in [2.24, 2.45) is 5.84 Å². The standard InChI is InChI=1S/C19H18N6O2/c1-24-9-12-6-11(4-5-13(12)19(24)27)14-7-16(10-2-3-10)25-17(21-14)8-15(23-25)18(26)22-20/h4-8,10H,2-3,9,20H2,1H3,(H,22,26). The fourth-order valence-electron chi connectivity index (χ4n) is 3.63. The highest BCUT2D eigenvalue weighted by atomic mass is 16.2. The number of hydrazine groups is 1. The Bertz CT molecular complexity index is 1110. The van der Waals surface area contributed by atoms with E-state index in [1.807, 2.05) is 24.3 Å². The molecule has 136 valence electrons. The molecule has 0 radical (unpaired) electrons. The van der Waals surface area contributed by atoms with Gasteiger partial charge < -0.3 is 4.90 Å². The van der Waals surface area contributed by atoms with E-state index in [1.165, 1.54) is 0 Å². The Morgan fingerprint density at radius 1 is 1.26 bits per heavy atom. The third-order valence-electron chi connectivity index (χ3n) is 5.20. The molecule has 3 N–H and O–H groups in total. The van der Waals surface area contributed by atoms with Crippen molar-refractivity contribution >= 4 is 17.5 Å². The van der Waals surface area contributed by atoms with E-state index in [1.54, 1.807) is 22.5 Å². The van der Waals surface area contributed by atoms with E-state index >= 15 is 0 Å². The first-order valence-corrected chi connectivity index (χ1v) is 8.85. The number of hydrogen-bond acceptors (Lipinski definition) is 5. The molecule has 2 aromatic heterocycles. The largest absolute Gasteiger partial charge is 0.337 e. The molecule has 8 nitrogen and oxygen atoms in total. The molecule has 8 heteroatoms. The van der Waals surface area contributed by atoms with Crippen molar-refractivity contribution in [1.29, 1.82) is 0 Å². The first-order chi connectivity index (χ1) is 13.0. The maximum atomic E-state index is 12.1. The lowest BCUT2D eigenvalue weighted by Crippen LogP contribution is -2.30. The lowest BCUT2D eigenvalue weighted by Gasteiger charge is -2.08. The first-order valence-electron chi connectivity index (χ1n) is 8.85. The van der Waals surface area contributed by atoms with Gasteiger partial charge in [-0.3, -0.25) is 15.0 Å². The highest BCUT2D eigenvalue weighted by Gasteiger charge is 2.29. The van der Waals surface area contributed by atoms with Crippen LogP contribution < -0.4 is 11.3 Å². The number of nitrogens with one attached hydrogen (secondary N) is 1. The third kappa shape index (κ3) is 2.48. The molecule has 2 amide bonds. The van der Waals surface area contributed by atoms with Crippen molar-refractivity contribution in [2.45, 2.75) is 25.3 Å². The third-order valence-corrected chi connectivity index (χ3v) is 5.20. The fraction of sp³-hybridized carbons (Fsp3) is 0.263. The minimum absolute atomic E-state index is 0.0480. The van der Waals surface area contributed by atoms with Gasteiger partial charge in [-0.05, 0) is 36.6 Å². The van der Waals surface area contributed by atoms with Crippen LogP contribution in [0.15, 0.2) is 30.3 Å². The van der Waals surface area contributed by atoms with Crippen molar-refractivity contribution in [1.82, 2.24) is 24.9 Å². The SMILES string of the molecule is CN1Cc2cc(-c3cc(C4CC4)n4nc(C(=O)NN)cc4n3)ccc2C1=O. The Labute approximate surface area is 155 Å². The van der Waals surface area contributed by atoms with Gasteiger partial charge in [0.1, 0.15) is 0 Å². The van der Waals surface area contributed by atoms with Crippen LogP contribution in [0.3, 0.4) is 0 Å². The maximum absolute atomic E-state index is 12.1. The Morgan fingerprint density at radius 2 is 2.07 bits per heavy atom. The summed E-state index contributed by atoms with van der Waals surface area (Å²) in [7, 11) is 1.80. The summed E-state index contributed by atoms with van der Waals surface area (Å²) in [5.74, 6) is 5.26. The Morgan fingerprint density at radius 3 is 2.81 bits per heavy atom. The summed E-state index contributed by atoms with van der Waals surface area (Å²) in [6, 6.07) is 9.49. The number of aromatic nitrogens is 3. The molecule has 0 spiro atoms. The van der Waals surface area contributed by atoms with Crippen LogP contribution in [0.5, 0.6) is 0 Å². The smallest absolute Gasteiger partial charge is 0.285 e. The molecule has 1 saturated carbocycles. The summed E-state index contributed by atoms with van der Waals surface area (Å²) < 4.78 is 1.73. The number of nitrogens with two attached hydrogens (primary N) is 1. The van der Waals surface area contributed by atoms with E-state index < -0.39 is 5.91 Å². The molecule has 0 unspecified atom stereocenters. The van der Waals surface area contributed by atoms with Crippen LogP contribution in [0.4, 0.5) is 0 Å². The molecule has 5 rings (SSSR count). The van der Waals surface area contributed by atoms with Crippen molar-refractivity contribution in [3.05, 3.63) is 52.8 Å². The average Bonchev–Trinajstić information content (AvgIpc) is 3.37. The Kier molecular flexibility index (Phi) is 3.32. The lowest BCUT2D eigenvalue weighted by molar-refractivity contribution is 0.0816. The minimum Gasteiger partial charge on any atom is -0.337 e. The van der Waals surface area contributed by atoms with Crippen molar-refractivity contribution < 1.29 is 9.59 Å². The molecule has 3 heterocycles. The maximum Gasteiger partial charge on any atom is 0.285 e. The molecule has 1 aliphatic carbocycles. The van der Waals surface area contributed by atoms with Crippen LogP contribution in [0.1, 0.15) is 50.9 Å². The predicted octanol–water partition coefficient (Wildman–Crippen LogP) is 1.46. The van der Waals surface area contributed by atoms with E-state index in [9.17, 15) is 9.59 Å². The molecule has 0 atom stereocenters. The van der Waals surface area contributed by atoms with E-state index in [2.05, 4.69) is 10.5 Å². The number of benzene rings is 1. The van der Waals surface area contributed by atoms with Crippen LogP contribution in [-0.4, -0.2) is 38.4 Å². The monoisotopic (exact) mass is 362 g/mol. The van der Waals surface area contributed by atoms with Crippen LogP contribution in [-0.2, 0) is 6.54 Å². The van der Waals surface area contributed by atoms with E-state index in [4.69, 9.17) is 10.8 Å². The van der Waals surface area contributed by atoms with Gasteiger partial charge in [0.2, 0.25) is 0 Å². The Balaban J connectivity index is 1.65. The lowest BCUT2D eigenvalue weighted by atomic mass is 10.0. The number of nitrogen functional groups attached to an aromatic ring is 1. The molecular formula is C19H18N6O2. The number of rotatable bonds is 3. The van der Waals surface area contributed by atoms with Gasteiger partial charge in [0.15, 0.2) is 11.3 Å². The molecule has 1 aliphatic heterocycles. The second-order valence-corrected chi connectivity index (χ2v) is 7.15. The summed E-state index contributed by atoms with van der Waals surface area (Å²) in [6.07, 6.45) is 2.20. The van der Waals surface area contributed by atoms with Gasteiger partial charge in [0.05, 0.1) is 5.69 Å². The van der Waals surface area contributed by atoms with Gasteiger partial charge in [-0.2, -0.15) is 5.10 Å². The summed E-state index contributed by atoms with van der Waals surface area (Å²) in [4.78, 5) is 30.4. The number of nitrogens with zero attached hydrogens (tertiary/aromatic N) is 4. The minimum atomic E-state index is -0.442. The molecular weight excluding hydrogens is 344 g/mol. The molecule has 1 fully saturated rings. The average molecular weight is 362 g/mol. The van der Waals surface area contributed by atoms with Crippen LogP contribution in [0.25, 0.3) is 16.9 Å². The van der Waals surface area contributed by atoms with Gasteiger partial charge in [-0.1, -0.05) is 6.07 Å². The summed E-state index contributed by atoms with van der Waals surface area (Å²) in [5, 5.41) is 4.37. The van der Waals surface area contributed by atoms with Gasteiger partial charge in [-0.15, -0.1) is 0 Å². The van der Waals surface area contributed by atoms with E-state index in [-0.39, 0.29) is 11.6 Å². The quantitative estimate of drug-likeness (QED) is 0.417. The van der Waals surface area contributed by atoms with Gasteiger partial charge in [-0.25, -0.2) is 15.3 Å². The molecule has 0 bridgehead atoms. The van der Waals surface area contributed by atoms with Crippen LogP contribution in [0.2, 0.25) is 0 Å². The molecule has 0 saturated heterocycles. The summed E-state index contributed by atoms with van der Waals surface area (Å²) in [5.41, 5.74) is 7.52. The van der Waals surface area contributed by atoms with Crippen molar-refractivity contribution in [3.63, 3.8) is 0 Å². The number of carbonyl (C=O) groups excluding carboxylic acids is 2. The van der Waals surface area contributed by atoms with Crippen LogP contribution in [0, 0.1) is 0 Å². The van der Waals surface area contributed by atoms with Gasteiger partial charge in [0, 0.05) is 42.4 Å². The zero-order valence-electron chi connectivity index (χ0n) is 14.8. The molecule has 27 heavy (non-hydrogen) atoms. The zero-order valence-corrected chi connectivity index (χ0v) is 14.8. The highest BCUT2D eigenvalue weighted by molar-refractivity contribution is 5.98. The normalized spacial score (nSPS) is 16.1. The van der Waals surface area contributed by atoms with Crippen LogP contribution >= 0.6 is 0 Å². The van der Waals surface area contributed by atoms with Crippen molar-refractivity contribution in [2.75, 3.05) is 7.05 Å². The first kappa shape index (κ1) is 16.0. The number of hydrogen-bond donors (Lipinski definition) is 2. The number of fused-ring (bicyclic) bond motifs is 2. The number of carbonyl (C=O) groups is 2. The molecule has 3 aromatic rings. The summed E-state index contributed by atoms with van der Waals surface area (Å²) in [6.45, 7) is 0.604. The molecule has 1 aromatic carbocycles. The summed E-state index contributed by atoms with van der Waals surface area (Å²) >= 11 is 0. The Hall–Kier alpha value is -3.26. The fourth-order valence-corrected chi connectivity index (χ4v) is 3.63. The van der Waals surface area contributed by atoms with E-state index in [0.717, 1.165) is 40.9 Å². The van der Waals surface area contributed by atoms with E-state index in [0.29, 0.717) is 18.1 Å². The molecule has 2 aliphatic rings. The second kappa shape index (κ2) is 5.62. The van der Waals surface area contributed by atoms with Gasteiger partial charge in [0.25, 0.3) is 11.8 Å². The second-order valence-electron chi connectivity index (χ2n) is 7.15. The number of amides is 2. The topological polar surface area (TPSA) is 106 Å². The zero-order chi connectivity index (χ0) is 18.7. The van der Waals surface area contributed by atoms with Gasteiger partial charge >= 0.3 is 0 Å². The predicted molar refractivity (Wildman–Crippen MR) is 97.8 cm³/mol. The van der Waals surface area contributed by atoms with Crippen molar-refractivity contribution in [3.8, 4) is 11.3 Å². The highest BCUT2D eigenvalue weighted by Crippen LogP contribution is 2.41.